The Bertz CT molecular complexity index is 2280. The molecule has 3 aliphatic rings. The van der Waals surface area contributed by atoms with Crippen LogP contribution in [0.25, 0.3) is 66.2 Å². The standard InChI is InChI=1S/C42H30/c1-2-9-32-26-33(23-16-27(32)8-1)42-38-13-5-3-11-36(38)41(37-12-4-6-14-39(37)42)31-19-17-28(18-20-31)34-25-24-30-22-21-29-10-7-15-35(34)40(29)30/h1-17,19,21-23,26H,18,20,24-25H2. The summed E-state index contributed by atoms with van der Waals surface area (Å²) in [4.78, 5) is 0. The fourth-order valence-electron chi connectivity index (χ4n) is 7.76. The molecule has 0 saturated heterocycles. The third-order valence-corrected chi connectivity index (χ3v) is 9.68. The van der Waals surface area contributed by atoms with Crippen molar-refractivity contribution in [1.29, 1.82) is 0 Å². The Balaban J connectivity index is 1.25. The number of fused-ring (bicyclic) bond motifs is 3. The van der Waals surface area contributed by atoms with Crippen LogP contribution < -0.4 is 10.4 Å². The van der Waals surface area contributed by atoms with E-state index in [1.54, 1.807) is 5.57 Å². The average Bonchev–Trinajstić information content (AvgIpc) is 3.48. The number of benzene rings is 6. The van der Waals surface area contributed by atoms with Crippen LogP contribution in [-0.2, 0) is 0 Å². The smallest absolute Gasteiger partial charge is 0.00262 e. The summed E-state index contributed by atoms with van der Waals surface area (Å²) in [6.45, 7) is 0. The van der Waals surface area contributed by atoms with Gasteiger partial charge in [-0.1, -0.05) is 127 Å². The fraction of sp³-hybridized carbons (Fsp3) is 0.0952. The van der Waals surface area contributed by atoms with Crippen molar-refractivity contribution in [3.63, 3.8) is 0 Å². The van der Waals surface area contributed by atoms with Gasteiger partial charge in [0.25, 0.3) is 0 Å². The monoisotopic (exact) mass is 534 g/mol. The van der Waals surface area contributed by atoms with Crippen molar-refractivity contribution >= 4 is 55.1 Å². The lowest BCUT2D eigenvalue weighted by molar-refractivity contribution is 0.966. The van der Waals surface area contributed by atoms with E-state index in [-0.39, 0.29) is 0 Å². The molecule has 9 rings (SSSR count). The van der Waals surface area contributed by atoms with E-state index in [0.717, 1.165) is 25.7 Å². The Hall–Kier alpha value is -4.94. The number of rotatable bonds is 3. The van der Waals surface area contributed by atoms with Gasteiger partial charge >= 0.3 is 0 Å². The van der Waals surface area contributed by atoms with Crippen molar-refractivity contribution in [2.45, 2.75) is 25.7 Å². The molecule has 0 radical (unpaired) electrons. The Morgan fingerprint density at radius 1 is 0.452 bits per heavy atom. The maximum atomic E-state index is 2.43. The van der Waals surface area contributed by atoms with E-state index in [9.17, 15) is 0 Å². The van der Waals surface area contributed by atoms with Crippen LogP contribution in [-0.4, -0.2) is 0 Å². The van der Waals surface area contributed by atoms with Crippen molar-refractivity contribution in [2.75, 3.05) is 0 Å². The van der Waals surface area contributed by atoms with Gasteiger partial charge in [0.15, 0.2) is 0 Å². The maximum Gasteiger partial charge on any atom is -0.00262 e. The maximum absolute atomic E-state index is 2.43. The molecule has 0 amide bonds. The third-order valence-electron chi connectivity index (χ3n) is 9.68. The summed E-state index contributed by atoms with van der Waals surface area (Å²) in [5, 5.41) is 10.8. The van der Waals surface area contributed by atoms with E-state index in [4.69, 9.17) is 0 Å². The first-order valence-electron chi connectivity index (χ1n) is 15.2. The molecule has 0 nitrogen and oxygen atoms in total. The molecule has 0 aliphatic heterocycles. The van der Waals surface area contributed by atoms with E-state index in [1.165, 1.54) is 81.7 Å². The van der Waals surface area contributed by atoms with Crippen molar-refractivity contribution in [3.05, 3.63) is 155 Å². The quantitative estimate of drug-likeness (QED) is 0.198. The van der Waals surface area contributed by atoms with Crippen molar-refractivity contribution in [2.24, 2.45) is 0 Å². The molecule has 0 atom stereocenters. The molecule has 6 aromatic rings. The zero-order valence-electron chi connectivity index (χ0n) is 23.5. The molecular formula is C42H30. The van der Waals surface area contributed by atoms with Crippen LogP contribution in [0.4, 0.5) is 0 Å². The molecule has 0 fully saturated rings. The van der Waals surface area contributed by atoms with Gasteiger partial charge in [-0.25, -0.2) is 0 Å². The minimum absolute atomic E-state index is 1.06. The van der Waals surface area contributed by atoms with Crippen LogP contribution in [0.2, 0.25) is 0 Å². The van der Waals surface area contributed by atoms with Crippen LogP contribution in [0.1, 0.15) is 36.8 Å². The molecule has 0 heteroatoms. The highest BCUT2D eigenvalue weighted by Crippen LogP contribution is 2.44. The first-order valence-corrected chi connectivity index (χ1v) is 15.2. The average molecular weight is 535 g/mol. The van der Waals surface area contributed by atoms with Gasteiger partial charge in [-0.3, -0.25) is 0 Å². The molecule has 42 heavy (non-hydrogen) atoms. The summed E-state index contributed by atoms with van der Waals surface area (Å²) in [6, 6.07) is 40.5. The Labute approximate surface area is 246 Å². The predicted octanol–water partition coefficient (Wildman–Crippen LogP) is 9.74. The number of hydrogen-bond acceptors (Lipinski definition) is 0. The summed E-state index contributed by atoms with van der Waals surface area (Å²) in [5.74, 6) is 0. The molecule has 6 aromatic carbocycles. The van der Waals surface area contributed by atoms with Gasteiger partial charge < -0.3 is 0 Å². The summed E-state index contributed by atoms with van der Waals surface area (Å²) in [7, 11) is 0. The van der Waals surface area contributed by atoms with Gasteiger partial charge in [-0.15, -0.1) is 0 Å². The van der Waals surface area contributed by atoms with Gasteiger partial charge in [0.05, 0.1) is 0 Å². The van der Waals surface area contributed by atoms with Crippen LogP contribution in [0.5, 0.6) is 0 Å². The molecule has 3 aliphatic carbocycles. The summed E-state index contributed by atoms with van der Waals surface area (Å²) in [6.07, 6.45) is 13.9. The lowest BCUT2D eigenvalue weighted by atomic mass is 9.81. The van der Waals surface area contributed by atoms with E-state index < -0.39 is 0 Å². The fourth-order valence-corrected chi connectivity index (χ4v) is 7.76. The summed E-state index contributed by atoms with van der Waals surface area (Å²) in [5.41, 5.74) is 11.4. The molecule has 0 N–H and O–H groups in total. The van der Waals surface area contributed by atoms with Gasteiger partial charge in [0.2, 0.25) is 0 Å². The largest absolute Gasteiger partial charge is 0.0616 e. The van der Waals surface area contributed by atoms with Gasteiger partial charge in [0, 0.05) is 0 Å². The first-order chi connectivity index (χ1) is 20.8. The molecule has 0 saturated carbocycles. The number of hydrogen-bond donors (Lipinski definition) is 0. The Morgan fingerprint density at radius 2 is 1.12 bits per heavy atom. The zero-order valence-corrected chi connectivity index (χ0v) is 23.5. The number of allylic oxidation sites excluding steroid dienone is 5. The predicted molar refractivity (Wildman–Crippen MR) is 180 cm³/mol. The SMILES string of the molecule is C1=Cc2cccc3c2=C1CCC=3C1=CC=C(c2c3ccccc3c(-c3ccc4ccccc4c3)c3ccccc23)CC1. The lowest BCUT2D eigenvalue weighted by Crippen LogP contribution is -2.33. The van der Waals surface area contributed by atoms with Crippen LogP contribution in [0, 0.1) is 0 Å². The summed E-state index contributed by atoms with van der Waals surface area (Å²) < 4.78 is 0. The van der Waals surface area contributed by atoms with Crippen molar-refractivity contribution < 1.29 is 0 Å². The van der Waals surface area contributed by atoms with E-state index in [0.29, 0.717) is 0 Å². The minimum Gasteiger partial charge on any atom is -0.0616 e. The van der Waals surface area contributed by atoms with Crippen molar-refractivity contribution in [1.82, 2.24) is 0 Å². The van der Waals surface area contributed by atoms with Crippen molar-refractivity contribution in [3.8, 4) is 11.1 Å². The van der Waals surface area contributed by atoms with E-state index >= 15 is 0 Å². The van der Waals surface area contributed by atoms with Gasteiger partial charge in [-0.05, 0) is 119 Å². The Morgan fingerprint density at radius 3 is 1.86 bits per heavy atom. The second kappa shape index (κ2) is 9.29. The highest BCUT2D eigenvalue weighted by molar-refractivity contribution is 6.19. The molecule has 198 valence electrons. The second-order valence-corrected chi connectivity index (χ2v) is 11.9. The molecule has 0 unspecified atom stereocenters. The van der Waals surface area contributed by atoms with Crippen LogP contribution in [0.3, 0.4) is 0 Å². The van der Waals surface area contributed by atoms with Gasteiger partial charge in [-0.2, -0.15) is 0 Å². The molecule has 0 bridgehead atoms. The van der Waals surface area contributed by atoms with E-state index in [2.05, 4.69) is 133 Å². The summed E-state index contributed by atoms with van der Waals surface area (Å²) >= 11 is 0. The molecular weight excluding hydrogens is 504 g/mol. The van der Waals surface area contributed by atoms with Gasteiger partial charge in [0.1, 0.15) is 0 Å². The van der Waals surface area contributed by atoms with E-state index in [1.807, 2.05) is 0 Å². The molecule has 0 aromatic heterocycles. The highest BCUT2D eigenvalue weighted by Gasteiger charge is 2.22. The molecule has 0 spiro atoms. The Kier molecular flexibility index (Phi) is 5.25. The highest BCUT2D eigenvalue weighted by atomic mass is 14.3. The zero-order chi connectivity index (χ0) is 27.6. The normalized spacial score (nSPS) is 15.8. The molecule has 0 heterocycles. The minimum atomic E-state index is 1.06. The van der Waals surface area contributed by atoms with Crippen LogP contribution >= 0.6 is 0 Å². The lowest BCUT2D eigenvalue weighted by Gasteiger charge is -2.23. The third kappa shape index (κ3) is 3.55. The topological polar surface area (TPSA) is 0 Å². The van der Waals surface area contributed by atoms with Crippen LogP contribution in [0.15, 0.2) is 133 Å². The second-order valence-electron chi connectivity index (χ2n) is 11.9. The first kappa shape index (κ1) is 23.7.